The Morgan fingerprint density at radius 3 is 2.47 bits per heavy atom. The topological polar surface area (TPSA) is 38.0 Å². The lowest BCUT2D eigenvalue weighted by Crippen LogP contribution is -2.37. The van der Waals surface area contributed by atoms with E-state index < -0.39 is 0 Å². The van der Waals surface area contributed by atoms with Crippen LogP contribution in [0.3, 0.4) is 0 Å². The van der Waals surface area contributed by atoms with Crippen molar-refractivity contribution in [1.82, 2.24) is 5.32 Å². The van der Waals surface area contributed by atoms with Crippen LogP contribution < -0.4 is 11.1 Å². The van der Waals surface area contributed by atoms with Crippen LogP contribution in [0.25, 0.3) is 0 Å². The second-order valence-electron chi connectivity index (χ2n) is 6.69. The maximum absolute atomic E-state index is 5.84. The zero-order valence-electron chi connectivity index (χ0n) is 11.5. The van der Waals surface area contributed by atoms with Crippen molar-refractivity contribution in [2.45, 2.75) is 58.3 Å². The van der Waals surface area contributed by atoms with E-state index in [4.69, 9.17) is 5.73 Å². The van der Waals surface area contributed by atoms with Crippen molar-refractivity contribution in [3.63, 3.8) is 0 Å². The summed E-state index contributed by atoms with van der Waals surface area (Å²) in [6, 6.07) is 0. The molecule has 2 aliphatic rings. The number of rotatable bonds is 5. The largest absolute Gasteiger partial charge is 0.330 e. The third kappa shape index (κ3) is 3.69. The summed E-state index contributed by atoms with van der Waals surface area (Å²) in [5.41, 5.74) is 6.42. The molecule has 2 rings (SSSR count). The molecule has 2 nitrogen and oxygen atoms in total. The molecule has 0 bridgehead atoms. The van der Waals surface area contributed by atoms with Crippen LogP contribution in [0.4, 0.5) is 0 Å². The van der Waals surface area contributed by atoms with Crippen molar-refractivity contribution in [3.05, 3.63) is 0 Å². The van der Waals surface area contributed by atoms with Crippen LogP contribution in [0.5, 0.6) is 0 Å². The minimum atomic E-state index is 0.578. The molecule has 2 atom stereocenters. The third-order valence-electron chi connectivity index (χ3n) is 5.14. The van der Waals surface area contributed by atoms with E-state index in [1.165, 1.54) is 64.5 Å². The van der Waals surface area contributed by atoms with Gasteiger partial charge in [-0.1, -0.05) is 32.6 Å². The summed E-state index contributed by atoms with van der Waals surface area (Å²) in [5, 5.41) is 3.75. The fourth-order valence-electron chi connectivity index (χ4n) is 3.83. The van der Waals surface area contributed by atoms with E-state index in [-0.39, 0.29) is 0 Å². The molecule has 2 fully saturated rings. The van der Waals surface area contributed by atoms with Gasteiger partial charge in [-0.05, 0) is 56.0 Å². The van der Waals surface area contributed by atoms with Crippen LogP contribution in [-0.2, 0) is 0 Å². The molecule has 0 aromatic heterocycles. The van der Waals surface area contributed by atoms with E-state index >= 15 is 0 Å². The molecule has 0 saturated heterocycles. The molecule has 17 heavy (non-hydrogen) atoms. The molecule has 3 N–H and O–H groups in total. The Labute approximate surface area is 107 Å². The molecular weight excluding hydrogens is 208 g/mol. The second-order valence-corrected chi connectivity index (χ2v) is 6.69. The second kappa shape index (κ2) is 6.19. The molecule has 2 aliphatic carbocycles. The van der Waals surface area contributed by atoms with E-state index in [9.17, 15) is 0 Å². The standard InChI is InChI=1S/C15H30N2/c1-15(8-3-2-4-9-15)12-17-11-14-7-5-6-13(14)10-16/h13-14,17H,2-12,16H2,1H3. The van der Waals surface area contributed by atoms with Gasteiger partial charge in [0.25, 0.3) is 0 Å². The zero-order valence-corrected chi connectivity index (χ0v) is 11.5. The van der Waals surface area contributed by atoms with E-state index in [1.807, 2.05) is 0 Å². The Kier molecular flexibility index (Phi) is 4.87. The summed E-state index contributed by atoms with van der Waals surface area (Å²) >= 11 is 0. The molecule has 0 aromatic carbocycles. The van der Waals surface area contributed by atoms with Crippen LogP contribution in [0.2, 0.25) is 0 Å². The first-order chi connectivity index (χ1) is 8.23. The summed E-state index contributed by atoms with van der Waals surface area (Å²) < 4.78 is 0. The lowest BCUT2D eigenvalue weighted by molar-refractivity contribution is 0.201. The highest BCUT2D eigenvalue weighted by molar-refractivity contribution is 4.83. The van der Waals surface area contributed by atoms with Crippen molar-refractivity contribution < 1.29 is 0 Å². The average molecular weight is 238 g/mol. The van der Waals surface area contributed by atoms with Crippen molar-refractivity contribution >= 4 is 0 Å². The first-order valence-corrected chi connectivity index (χ1v) is 7.64. The highest BCUT2D eigenvalue weighted by atomic mass is 14.9. The van der Waals surface area contributed by atoms with Gasteiger partial charge in [-0.3, -0.25) is 0 Å². The van der Waals surface area contributed by atoms with Crippen LogP contribution in [0.15, 0.2) is 0 Å². The highest BCUT2D eigenvalue weighted by Gasteiger charge is 2.29. The lowest BCUT2D eigenvalue weighted by atomic mass is 9.75. The molecule has 2 heteroatoms. The molecule has 0 heterocycles. The van der Waals surface area contributed by atoms with Crippen LogP contribution in [-0.4, -0.2) is 19.6 Å². The zero-order chi connectivity index (χ0) is 12.1. The van der Waals surface area contributed by atoms with Gasteiger partial charge in [-0.2, -0.15) is 0 Å². The maximum atomic E-state index is 5.84. The first kappa shape index (κ1) is 13.4. The van der Waals surface area contributed by atoms with E-state index in [1.54, 1.807) is 0 Å². The Morgan fingerprint density at radius 2 is 1.76 bits per heavy atom. The molecule has 0 spiro atoms. The minimum absolute atomic E-state index is 0.578. The fourth-order valence-corrected chi connectivity index (χ4v) is 3.83. The van der Waals surface area contributed by atoms with Crippen molar-refractivity contribution in [3.8, 4) is 0 Å². The normalized spacial score (nSPS) is 32.8. The number of hydrogen-bond donors (Lipinski definition) is 2. The minimum Gasteiger partial charge on any atom is -0.330 e. The molecular formula is C15H30N2. The Morgan fingerprint density at radius 1 is 1.06 bits per heavy atom. The molecule has 0 radical (unpaired) electrons. The molecule has 0 aromatic rings. The summed E-state index contributed by atoms with van der Waals surface area (Å²) in [6.07, 6.45) is 11.3. The predicted molar refractivity (Wildman–Crippen MR) is 73.9 cm³/mol. The van der Waals surface area contributed by atoms with Crippen molar-refractivity contribution in [2.24, 2.45) is 23.0 Å². The van der Waals surface area contributed by atoms with Crippen LogP contribution in [0, 0.1) is 17.3 Å². The van der Waals surface area contributed by atoms with Gasteiger partial charge in [0.2, 0.25) is 0 Å². The smallest absolute Gasteiger partial charge is 0.000528 e. The quantitative estimate of drug-likeness (QED) is 0.773. The van der Waals surface area contributed by atoms with Gasteiger partial charge < -0.3 is 11.1 Å². The molecule has 0 aliphatic heterocycles. The highest BCUT2D eigenvalue weighted by Crippen LogP contribution is 2.35. The predicted octanol–water partition coefficient (Wildman–Crippen LogP) is 2.92. The summed E-state index contributed by atoms with van der Waals surface area (Å²) in [5.74, 6) is 1.65. The number of nitrogens with one attached hydrogen (secondary N) is 1. The molecule has 0 amide bonds. The number of nitrogens with two attached hydrogens (primary N) is 1. The summed E-state index contributed by atoms with van der Waals surface area (Å²) in [7, 11) is 0. The number of hydrogen-bond acceptors (Lipinski definition) is 2. The molecule has 2 unspecified atom stereocenters. The van der Waals surface area contributed by atoms with Gasteiger partial charge in [-0.25, -0.2) is 0 Å². The maximum Gasteiger partial charge on any atom is 0.000528 e. The van der Waals surface area contributed by atoms with Crippen molar-refractivity contribution in [1.29, 1.82) is 0 Å². The Balaban J connectivity index is 1.68. The Bertz CT molecular complexity index is 221. The Hall–Kier alpha value is -0.0800. The third-order valence-corrected chi connectivity index (χ3v) is 5.14. The molecule has 2 saturated carbocycles. The average Bonchev–Trinajstić information content (AvgIpc) is 2.77. The van der Waals surface area contributed by atoms with Gasteiger partial charge in [0.05, 0.1) is 0 Å². The monoisotopic (exact) mass is 238 g/mol. The fraction of sp³-hybridized carbons (Fsp3) is 1.00. The van der Waals surface area contributed by atoms with Gasteiger partial charge in [0.1, 0.15) is 0 Å². The van der Waals surface area contributed by atoms with Crippen LogP contribution in [0.1, 0.15) is 58.3 Å². The van der Waals surface area contributed by atoms with E-state index in [0.29, 0.717) is 5.41 Å². The van der Waals surface area contributed by atoms with Gasteiger partial charge >= 0.3 is 0 Å². The lowest BCUT2D eigenvalue weighted by Gasteiger charge is -2.34. The van der Waals surface area contributed by atoms with Gasteiger partial charge in [0, 0.05) is 6.54 Å². The van der Waals surface area contributed by atoms with E-state index in [0.717, 1.165) is 18.4 Å². The van der Waals surface area contributed by atoms with Gasteiger partial charge in [0.15, 0.2) is 0 Å². The van der Waals surface area contributed by atoms with Crippen LogP contribution >= 0.6 is 0 Å². The van der Waals surface area contributed by atoms with E-state index in [2.05, 4.69) is 12.2 Å². The SMILES string of the molecule is CC1(CNCC2CCCC2CN)CCCCC1. The van der Waals surface area contributed by atoms with Crippen molar-refractivity contribution in [2.75, 3.05) is 19.6 Å². The van der Waals surface area contributed by atoms with Gasteiger partial charge in [-0.15, -0.1) is 0 Å². The first-order valence-electron chi connectivity index (χ1n) is 7.64. The summed E-state index contributed by atoms with van der Waals surface area (Å²) in [6.45, 7) is 5.79. The summed E-state index contributed by atoms with van der Waals surface area (Å²) in [4.78, 5) is 0. The molecule has 100 valence electrons.